The Bertz CT molecular complexity index is 1150. The maximum Gasteiger partial charge on any atom is 0.305 e. The second-order valence-electron chi connectivity index (χ2n) is 21.8. The van der Waals surface area contributed by atoms with Crippen LogP contribution in [0.1, 0.15) is 341 Å². The van der Waals surface area contributed by atoms with Gasteiger partial charge in [0.15, 0.2) is 0 Å². The first kappa shape index (κ1) is 69.1. The number of aliphatic hydroxyl groups excluding tert-OH is 2. The first-order chi connectivity index (χ1) is 35.0. The molecule has 0 aliphatic carbocycles. The van der Waals surface area contributed by atoms with Gasteiger partial charge in [0, 0.05) is 12.8 Å². The van der Waals surface area contributed by atoms with E-state index in [9.17, 15) is 19.8 Å². The van der Waals surface area contributed by atoms with E-state index in [0.717, 1.165) is 70.6 Å². The van der Waals surface area contributed by atoms with Crippen LogP contribution in [0.5, 0.6) is 0 Å². The van der Waals surface area contributed by atoms with Gasteiger partial charge in [-0.15, -0.1) is 0 Å². The maximum atomic E-state index is 12.5. The van der Waals surface area contributed by atoms with Crippen LogP contribution in [0.3, 0.4) is 0 Å². The smallest absolute Gasteiger partial charge is 0.305 e. The summed E-state index contributed by atoms with van der Waals surface area (Å²) in [6, 6.07) is -0.551. The van der Waals surface area contributed by atoms with Crippen molar-refractivity contribution in [2.75, 3.05) is 13.2 Å². The van der Waals surface area contributed by atoms with Crippen LogP contribution in [0, 0.1) is 0 Å². The molecule has 6 nitrogen and oxygen atoms in total. The van der Waals surface area contributed by atoms with Gasteiger partial charge < -0.3 is 20.3 Å². The van der Waals surface area contributed by atoms with E-state index >= 15 is 0 Å². The van der Waals surface area contributed by atoms with Crippen molar-refractivity contribution in [3.63, 3.8) is 0 Å². The van der Waals surface area contributed by atoms with Gasteiger partial charge in [0.2, 0.25) is 5.91 Å². The zero-order chi connectivity index (χ0) is 51.4. The lowest BCUT2D eigenvalue weighted by Crippen LogP contribution is -2.45. The molecular formula is C65H123NO5. The summed E-state index contributed by atoms with van der Waals surface area (Å²) < 4.78 is 5.44. The van der Waals surface area contributed by atoms with Crippen LogP contribution in [0.2, 0.25) is 0 Å². The fourth-order valence-electron chi connectivity index (χ4n) is 9.80. The van der Waals surface area contributed by atoms with Crippen LogP contribution in [-0.4, -0.2) is 47.4 Å². The van der Waals surface area contributed by atoms with E-state index in [-0.39, 0.29) is 18.5 Å². The minimum atomic E-state index is -0.673. The molecule has 0 aliphatic rings. The summed E-state index contributed by atoms with van der Waals surface area (Å²) in [6.45, 7) is 4.91. The van der Waals surface area contributed by atoms with Gasteiger partial charge in [0.1, 0.15) is 0 Å². The Morgan fingerprint density at radius 1 is 0.394 bits per heavy atom. The molecule has 0 fully saturated rings. The highest BCUT2D eigenvalue weighted by Gasteiger charge is 2.20. The number of amides is 1. The summed E-state index contributed by atoms with van der Waals surface area (Å²) in [7, 11) is 0. The number of hydrogen-bond acceptors (Lipinski definition) is 5. The largest absolute Gasteiger partial charge is 0.466 e. The van der Waals surface area contributed by atoms with Crippen molar-refractivity contribution in [1.82, 2.24) is 5.32 Å². The van der Waals surface area contributed by atoms with Gasteiger partial charge in [-0.25, -0.2) is 0 Å². The summed E-state index contributed by atoms with van der Waals surface area (Å²) in [4.78, 5) is 24.5. The second-order valence-corrected chi connectivity index (χ2v) is 21.8. The summed E-state index contributed by atoms with van der Waals surface area (Å²) in [5.41, 5.74) is 0. The lowest BCUT2D eigenvalue weighted by atomic mass is 10.0. The molecule has 0 rings (SSSR count). The van der Waals surface area contributed by atoms with Gasteiger partial charge >= 0.3 is 5.97 Å². The standard InChI is InChI=1S/C65H123NO5/c1-3-5-7-9-11-13-15-17-18-19-20-21-22-24-27-30-34-37-41-45-49-53-57-63(68)62(61-67)66-64(69)58-54-50-46-42-38-35-31-28-25-23-26-29-32-36-40-44-48-52-56-60-71-65(70)59-55-51-47-43-39-33-16-14-12-10-8-6-4-2/h14,16,29,32,36,40,62-63,67-68H,3-13,15,17-28,30-31,33-35,37-39,41-61H2,1-2H3,(H,66,69)/b16-14-,32-29-,40-36-. The number of carbonyl (C=O) groups excluding carboxylic acids is 2. The number of ether oxygens (including phenoxy) is 1. The first-order valence-corrected chi connectivity index (χ1v) is 31.8. The number of rotatable bonds is 59. The molecule has 418 valence electrons. The second kappa shape index (κ2) is 60.6. The highest BCUT2D eigenvalue weighted by molar-refractivity contribution is 5.76. The molecule has 3 N–H and O–H groups in total. The Morgan fingerprint density at radius 3 is 1.10 bits per heavy atom. The van der Waals surface area contributed by atoms with Crippen LogP contribution in [-0.2, 0) is 14.3 Å². The van der Waals surface area contributed by atoms with Gasteiger partial charge in [-0.05, 0) is 83.5 Å². The average Bonchev–Trinajstić information content (AvgIpc) is 3.37. The molecule has 0 aliphatic heterocycles. The van der Waals surface area contributed by atoms with Crippen molar-refractivity contribution in [3.8, 4) is 0 Å². The number of hydrogen-bond donors (Lipinski definition) is 3. The van der Waals surface area contributed by atoms with Crippen LogP contribution in [0.15, 0.2) is 36.5 Å². The Hall–Kier alpha value is -1.92. The molecule has 6 heteroatoms. The van der Waals surface area contributed by atoms with E-state index < -0.39 is 12.1 Å². The third-order valence-electron chi connectivity index (χ3n) is 14.7. The fourth-order valence-corrected chi connectivity index (χ4v) is 9.80. The van der Waals surface area contributed by atoms with E-state index in [1.165, 1.54) is 238 Å². The van der Waals surface area contributed by atoms with Gasteiger partial charge in [0.05, 0.1) is 25.4 Å². The van der Waals surface area contributed by atoms with Crippen molar-refractivity contribution >= 4 is 11.9 Å². The molecule has 71 heavy (non-hydrogen) atoms. The van der Waals surface area contributed by atoms with Crippen LogP contribution in [0.25, 0.3) is 0 Å². The highest BCUT2D eigenvalue weighted by Crippen LogP contribution is 2.18. The third-order valence-corrected chi connectivity index (χ3v) is 14.7. The molecule has 0 aromatic heterocycles. The number of aliphatic hydroxyl groups is 2. The third kappa shape index (κ3) is 57.2. The number of esters is 1. The molecular weight excluding hydrogens is 875 g/mol. The monoisotopic (exact) mass is 998 g/mol. The minimum absolute atomic E-state index is 0.0222. The minimum Gasteiger partial charge on any atom is -0.466 e. The van der Waals surface area contributed by atoms with Crippen LogP contribution < -0.4 is 5.32 Å². The van der Waals surface area contributed by atoms with Crippen molar-refractivity contribution in [2.24, 2.45) is 0 Å². The van der Waals surface area contributed by atoms with Crippen molar-refractivity contribution in [3.05, 3.63) is 36.5 Å². The molecule has 2 atom stereocenters. The quantitative estimate of drug-likeness (QED) is 0.0244. The Labute approximate surface area is 443 Å². The van der Waals surface area contributed by atoms with E-state index in [1.54, 1.807) is 0 Å². The van der Waals surface area contributed by atoms with Crippen molar-refractivity contribution in [1.29, 1.82) is 0 Å². The van der Waals surface area contributed by atoms with Gasteiger partial charge in [-0.3, -0.25) is 9.59 Å². The molecule has 2 unspecified atom stereocenters. The van der Waals surface area contributed by atoms with Gasteiger partial charge in [0.25, 0.3) is 0 Å². The highest BCUT2D eigenvalue weighted by atomic mass is 16.5. The van der Waals surface area contributed by atoms with Gasteiger partial charge in [-0.1, -0.05) is 281 Å². The predicted octanol–water partition coefficient (Wildman–Crippen LogP) is 20.0. The molecule has 0 saturated heterocycles. The Kier molecular flexibility index (Phi) is 59.0. The normalized spacial score (nSPS) is 12.8. The van der Waals surface area contributed by atoms with E-state index in [0.29, 0.717) is 25.9 Å². The molecule has 0 heterocycles. The lowest BCUT2D eigenvalue weighted by Gasteiger charge is -2.22. The maximum absolute atomic E-state index is 12.5. The van der Waals surface area contributed by atoms with Crippen molar-refractivity contribution in [2.45, 2.75) is 353 Å². The molecule has 1 amide bonds. The number of carbonyl (C=O) groups is 2. The lowest BCUT2D eigenvalue weighted by molar-refractivity contribution is -0.143. The SMILES string of the molecule is CCCCCC/C=C\CCCCCCCC(=O)OCCCCC/C=C\C=C/CCCCCCCCCCCCC(=O)NC(CO)C(O)CCCCCCCCCCCCCCCCCCCCCCCC. The van der Waals surface area contributed by atoms with E-state index in [4.69, 9.17) is 4.74 Å². The Balaban J connectivity index is 3.48. The molecule has 0 bridgehead atoms. The predicted molar refractivity (Wildman–Crippen MR) is 310 cm³/mol. The number of nitrogens with one attached hydrogen (secondary N) is 1. The van der Waals surface area contributed by atoms with E-state index in [2.05, 4.69) is 55.6 Å². The van der Waals surface area contributed by atoms with Crippen LogP contribution in [0.4, 0.5) is 0 Å². The topological polar surface area (TPSA) is 95.9 Å². The zero-order valence-electron chi connectivity index (χ0n) is 47.7. The average molecular weight is 999 g/mol. The summed E-state index contributed by atoms with van der Waals surface area (Å²) >= 11 is 0. The Morgan fingerprint density at radius 2 is 0.704 bits per heavy atom. The molecule has 0 saturated carbocycles. The summed E-state index contributed by atoms with van der Waals surface area (Å²) in [5.74, 6) is -0.0643. The fraction of sp³-hybridized carbons (Fsp3) is 0.877. The summed E-state index contributed by atoms with van der Waals surface area (Å²) in [6.07, 6.45) is 75.8. The molecule has 0 radical (unpaired) electrons. The van der Waals surface area contributed by atoms with E-state index in [1.807, 2.05) is 0 Å². The van der Waals surface area contributed by atoms with Gasteiger partial charge in [-0.2, -0.15) is 0 Å². The number of unbranched alkanes of at least 4 members (excludes halogenated alkanes) is 43. The summed E-state index contributed by atoms with van der Waals surface area (Å²) in [5, 5.41) is 23.4. The van der Waals surface area contributed by atoms with Crippen molar-refractivity contribution < 1.29 is 24.5 Å². The molecule has 0 aromatic rings. The molecule has 0 aromatic carbocycles. The number of allylic oxidation sites excluding steroid dienone is 6. The zero-order valence-corrected chi connectivity index (χ0v) is 47.7. The van der Waals surface area contributed by atoms with Crippen LogP contribution >= 0.6 is 0 Å². The first-order valence-electron chi connectivity index (χ1n) is 31.8. The molecule has 0 spiro atoms.